The fourth-order valence-electron chi connectivity index (χ4n) is 3.59. The number of hydrogen-bond acceptors (Lipinski definition) is 3. The Balaban J connectivity index is 1.89. The van der Waals surface area contributed by atoms with Crippen LogP contribution in [0.5, 0.6) is 0 Å². The third-order valence-corrected chi connectivity index (χ3v) is 4.91. The largest absolute Gasteiger partial charge is 0.355 e. The molecule has 1 aromatic rings. The molecular weight excluding hydrogens is 290 g/mol. The minimum absolute atomic E-state index is 0.0356. The van der Waals surface area contributed by atoms with Crippen molar-refractivity contribution in [2.45, 2.75) is 47.0 Å². The molecule has 0 aliphatic carbocycles. The molecule has 1 amide bonds. The number of nitrogens with zero attached hydrogens (tertiary/aromatic N) is 1. The van der Waals surface area contributed by atoms with Crippen molar-refractivity contribution in [2.24, 2.45) is 5.92 Å². The number of nitrogens with one attached hydrogen (secondary N) is 2. The summed E-state index contributed by atoms with van der Waals surface area (Å²) < 4.78 is 0. The second-order valence-corrected chi connectivity index (χ2v) is 6.63. The predicted molar refractivity (Wildman–Crippen MR) is 92.1 cm³/mol. The molecule has 1 aliphatic heterocycles. The number of ketones is 1. The van der Waals surface area contributed by atoms with Crippen LogP contribution in [0.3, 0.4) is 0 Å². The summed E-state index contributed by atoms with van der Waals surface area (Å²) in [7, 11) is 0. The van der Waals surface area contributed by atoms with E-state index in [0.29, 0.717) is 23.7 Å². The van der Waals surface area contributed by atoms with Crippen molar-refractivity contribution in [1.29, 1.82) is 0 Å². The van der Waals surface area contributed by atoms with Gasteiger partial charge in [-0.2, -0.15) is 0 Å². The number of aromatic amines is 1. The summed E-state index contributed by atoms with van der Waals surface area (Å²) in [6.07, 6.45) is 3.53. The summed E-state index contributed by atoms with van der Waals surface area (Å²) >= 11 is 0. The zero-order valence-electron chi connectivity index (χ0n) is 14.8. The zero-order valence-corrected chi connectivity index (χ0v) is 14.8. The number of rotatable bonds is 6. The van der Waals surface area contributed by atoms with Crippen molar-refractivity contribution in [3.8, 4) is 0 Å². The van der Waals surface area contributed by atoms with Crippen molar-refractivity contribution in [2.75, 3.05) is 26.2 Å². The SMILES string of the molecule is CCN1CCCC(CCNC(=O)c2c(C)[nH]c(C(C)=O)c2C)C1. The highest BCUT2D eigenvalue weighted by Crippen LogP contribution is 2.20. The number of aryl methyl sites for hydroxylation is 1. The van der Waals surface area contributed by atoms with Gasteiger partial charge in [0.15, 0.2) is 5.78 Å². The maximum atomic E-state index is 12.4. The average Bonchev–Trinajstić information content (AvgIpc) is 2.82. The van der Waals surface area contributed by atoms with Crippen molar-refractivity contribution < 1.29 is 9.59 Å². The lowest BCUT2D eigenvalue weighted by atomic mass is 9.95. The molecule has 2 heterocycles. The monoisotopic (exact) mass is 319 g/mol. The number of likely N-dealkylation sites (tertiary alicyclic amines) is 1. The molecule has 1 atom stereocenters. The van der Waals surface area contributed by atoms with E-state index in [1.165, 1.54) is 26.3 Å². The van der Waals surface area contributed by atoms with Gasteiger partial charge in [-0.1, -0.05) is 6.92 Å². The first kappa shape index (κ1) is 17.7. The molecule has 1 aromatic heterocycles. The molecule has 2 rings (SSSR count). The fourth-order valence-corrected chi connectivity index (χ4v) is 3.59. The van der Waals surface area contributed by atoms with E-state index in [0.717, 1.165) is 30.8 Å². The Hall–Kier alpha value is -1.62. The van der Waals surface area contributed by atoms with E-state index < -0.39 is 0 Å². The molecule has 1 aliphatic rings. The van der Waals surface area contributed by atoms with Crippen LogP contribution < -0.4 is 5.32 Å². The molecule has 0 spiro atoms. The normalized spacial score (nSPS) is 18.9. The average molecular weight is 319 g/mol. The van der Waals surface area contributed by atoms with E-state index >= 15 is 0 Å². The predicted octanol–water partition coefficient (Wildman–Crippen LogP) is 2.69. The van der Waals surface area contributed by atoms with Crippen LogP contribution in [0.2, 0.25) is 0 Å². The van der Waals surface area contributed by atoms with E-state index in [4.69, 9.17) is 0 Å². The Morgan fingerprint density at radius 2 is 2.09 bits per heavy atom. The standard InChI is InChI=1S/C18H29N3O2/c1-5-21-10-6-7-15(11-21)8-9-19-18(23)16-12(2)17(14(4)22)20-13(16)3/h15,20H,5-11H2,1-4H3,(H,19,23). The lowest BCUT2D eigenvalue weighted by Gasteiger charge is -2.31. The van der Waals surface area contributed by atoms with Gasteiger partial charge in [-0.15, -0.1) is 0 Å². The Morgan fingerprint density at radius 3 is 2.70 bits per heavy atom. The molecule has 1 unspecified atom stereocenters. The minimum atomic E-state index is -0.0769. The molecule has 0 saturated carbocycles. The van der Waals surface area contributed by atoms with Gasteiger partial charge in [0, 0.05) is 25.7 Å². The number of carbonyl (C=O) groups excluding carboxylic acids is 2. The Kier molecular flexibility index (Phi) is 5.99. The van der Waals surface area contributed by atoms with Gasteiger partial charge in [-0.25, -0.2) is 0 Å². The molecule has 0 radical (unpaired) electrons. The van der Waals surface area contributed by atoms with Crippen molar-refractivity contribution in [3.63, 3.8) is 0 Å². The van der Waals surface area contributed by atoms with E-state index in [1.54, 1.807) is 0 Å². The molecule has 1 fully saturated rings. The minimum Gasteiger partial charge on any atom is -0.355 e. The Morgan fingerprint density at radius 1 is 1.35 bits per heavy atom. The van der Waals surface area contributed by atoms with E-state index in [9.17, 15) is 9.59 Å². The third kappa shape index (κ3) is 4.22. The number of carbonyl (C=O) groups is 2. The maximum Gasteiger partial charge on any atom is 0.253 e. The molecule has 5 nitrogen and oxygen atoms in total. The number of aromatic nitrogens is 1. The first-order valence-electron chi connectivity index (χ1n) is 8.64. The summed E-state index contributed by atoms with van der Waals surface area (Å²) in [5.74, 6) is 0.559. The van der Waals surface area contributed by atoms with Crippen LogP contribution >= 0.6 is 0 Å². The van der Waals surface area contributed by atoms with E-state index in [-0.39, 0.29) is 11.7 Å². The third-order valence-electron chi connectivity index (χ3n) is 4.91. The van der Waals surface area contributed by atoms with Crippen LogP contribution in [0, 0.1) is 19.8 Å². The quantitative estimate of drug-likeness (QED) is 0.792. The molecule has 5 heteroatoms. The van der Waals surface area contributed by atoms with E-state index in [2.05, 4.69) is 22.1 Å². The number of piperidine rings is 1. The summed E-state index contributed by atoms with van der Waals surface area (Å²) in [5, 5.41) is 3.02. The van der Waals surface area contributed by atoms with Crippen molar-refractivity contribution in [3.05, 3.63) is 22.5 Å². The first-order valence-corrected chi connectivity index (χ1v) is 8.64. The van der Waals surface area contributed by atoms with Crippen molar-refractivity contribution in [1.82, 2.24) is 15.2 Å². The highest BCUT2D eigenvalue weighted by molar-refractivity contribution is 6.02. The van der Waals surface area contributed by atoms with Crippen LogP contribution in [0.4, 0.5) is 0 Å². The second-order valence-electron chi connectivity index (χ2n) is 6.63. The molecule has 1 saturated heterocycles. The second kappa shape index (κ2) is 7.77. The van der Waals surface area contributed by atoms with Crippen LogP contribution in [-0.4, -0.2) is 47.8 Å². The summed E-state index contributed by atoms with van der Waals surface area (Å²) in [6, 6.07) is 0. The van der Waals surface area contributed by atoms with Gasteiger partial charge in [-0.3, -0.25) is 9.59 Å². The van der Waals surface area contributed by atoms with Gasteiger partial charge in [0.1, 0.15) is 0 Å². The fraction of sp³-hybridized carbons (Fsp3) is 0.667. The summed E-state index contributed by atoms with van der Waals surface area (Å²) in [5.41, 5.74) is 2.68. The Bertz CT molecular complexity index is 577. The zero-order chi connectivity index (χ0) is 17.0. The highest BCUT2D eigenvalue weighted by atomic mass is 16.1. The van der Waals surface area contributed by atoms with E-state index in [1.807, 2.05) is 13.8 Å². The maximum absolute atomic E-state index is 12.4. The molecule has 128 valence electrons. The lowest BCUT2D eigenvalue weighted by Crippen LogP contribution is -2.37. The number of amides is 1. The van der Waals surface area contributed by atoms with Gasteiger partial charge >= 0.3 is 0 Å². The van der Waals surface area contributed by atoms with Crippen LogP contribution in [-0.2, 0) is 0 Å². The molecule has 23 heavy (non-hydrogen) atoms. The van der Waals surface area contributed by atoms with Crippen LogP contribution in [0.1, 0.15) is 65.2 Å². The smallest absolute Gasteiger partial charge is 0.253 e. The van der Waals surface area contributed by atoms with Crippen LogP contribution in [0.15, 0.2) is 0 Å². The number of H-pyrrole nitrogens is 1. The molecular formula is C18H29N3O2. The highest BCUT2D eigenvalue weighted by Gasteiger charge is 2.21. The van der Waals surface area contributed by atoms with Gasteiger partial charge in [0.25, 0.3) is 5.91 Å². The van der Waals surface area contributed by atoms with Crippen molar-refractivity contribution >= 4 is 11.7 Å². The van der Waals surface area contributed by atoms with Crippen LogP contribution in [0.25, 0.3) is 0 Å². The van der Waals surface area contributed by atoms with Gasteiger partial charge < -0.3 is 15.2 Å². The molecule has 0 aromatic carbocycles. The molecule has 2 N–H and O–H groups in total. The summed E-state index contributed by atoms with van der Waals surface area (Å²) in [6.45, 7) is 11.5. The first-order chi connectivity index (χ1) is 10.9. The van der Waals surface area contributed by atoms with Gasteiger partial charge in [-0.05, 0) is 57.7 Å². The number of Topliss-reactive ketones (excluding diaryl/α,β-unsaturated/α-hetero) is 1. The number of hydrogen-bond donors (Lipinski definition) is 2. The van der Waals surface area contributed by atoms with Gasteiger partial charge in [0.05, 0.1) is 11.3 Å². The summed E-state index contributed by atoms with van der Waals surface area (Å²) in [4.78, 5) is 29.5. The topological polar surface area (TPSA) is 65.2 Å². The Labute approximate surface area is 138 Å². The van der Waals surface area contributed by atoms with Gasteiger partial charge in [0.2, 0.25) is 0 Å². The molecule has 0 bridgehead atoms. The lowest BCUT2D eigenvalue weighted by molar-refractivity contribution is 0.0946.